The number of rotatable bonds is 3. The van der Waals surface area contributed by atoms with Gasteiger partial charge in [0.1, 0.15) is 0 Å². The Kier molecular flexibility index (Phi) is 4.45. The molecule has 1 aliphatic heterocycles. The van der Waals surface area contributed by atoms with E-state index in [0.29, 0.717) is 25.3 Å². The molecular formula is C14H23NO4. The summed E-state index contributed by atoms with van der Waals surface area (Å²) in [6, 6.07) is -0.0855. The molecule has 2 aliphatic rings. The van der Waals surface area contributed by atoms with Crippen LogP contribution in [-0.4, -0.2) is 46.2 Å². The Morgan fingerprint density at radius 1 is 1.21 bits per heavy atom. The van der Waals surface area contributed by atoms with E-state index in [1.54, 1.807) is 4.90 Å². The van der Waals surface area contributed by atoms with Crippen LogP contribution < -0.4 is 0 Å². The average Bonchev–Trinajstić information content (AvgIpc) is 2.79. The van der Waals surface area contributed by atoms with Gasteiger partial charge in [-0.05, 0) is 31.6 Å². The summed E-state index contributed by atoms with van der Waals surface area (Å²) in [5.74, 6) is -0.960. The molecule has 2 N–H and O–H groups in total. The molecule has 4 atom stereocenters. The Hall–Kier alpha value is -1.10. The Balaban J connectivity index is 2.01. The van der Waals surface area contributed by atoms with Crippen LogP contribution in [0.1, 0.15) is 39.0 Å². The maximum Gasteiger partial charge on any atom is 0.306 e. The lowest BCUT2D eigenvalue weighted by atomic mass is 9.80. The molecule has 1 aliphatic carbocycles. The molecule has 0 aromatic rings. The highest BCUT2D eigenvalue weighted by Gasteiger charge is 2.39. The molecule has 19 heavy (non-hydrogen) atoms. The number of hydrogen-bond donors (Lipinski definition) is 2. The topological polar surface area (TPSA) is 77.8 Å². The van der Waals surface area contributed by atoms with Gasteiger partial charge < -0.3 is 15.1 Å². The molecule has 0 aromatic carbocycles. The van der Waals surface area contributed by atoms with Gasteiger partial charge in [-0.15, -0.1) is 0 Å². The van der Waals surface area contributed by atoms with E-state index in [-0.39, 0.29) is 30.4 Å². The SMILES string of the molecule is CC1CCN(C(=O)C2CCCC(C(=O)O)C2)C1CO. The fourth-order valence-corrected chi connectivity index (χ4v) is 3.43. The van der Waals surface area contributed by atoms with Gasteiger partial charge in [-0.25, -0.2) is 0 Å². The van der Waals surface area contributed by atoms with Crippen LogP contribution in [0.25, 0.3) is 0 Å². The van der Waals surface area contributed by atoms with Crippen LogP contribution in [-0.2, 0) is 9.59 Å². The van der Waals surface area contributed by atoms with E-state index in [9.17, 15) is 14.7 Å². The van der Waals surface area contributed by atoms with Crippen molar-refractivity contribution in [3.05, 3.63) is 0 Å². The summed E-state index contributed by atoms with van der Waals surface area (Å²) in [5, 5.41) is 18.5. The Morgan fingerprint density at radius 3 is 2.53 bits per heavy atom. The Bertz CT molecular complexity index is 357. The molecule has 0 aromatic heterocycles. The zero-order valence-corrected chi connectivity index (χ0v) is 11.4. The normalized spacial score (nSPS) is 35.4. The zero-order valence-electron chi connectivity index (χ0n) is 11.4. The molecule has 0 spiro atoms. The predicted octanol–water partition coefficient (Wildman–Crippen LogP) is 1.11. The minimum absolute atomic E-state index is 0.00197. The number of hydrogen-bond acceptors (Lipinski definition) is 3. The quantitative estimate of drug-likeness (QED) is 0.804. The summed E-state index contributed by atoms with van der Waals surface area (Å²) in [6.07, 6.45) is 3.65. The number of nitrogens with zero attached hydrogens (tertiary/aromatic N) is 1. The van der Waals surface area contributed by atoms with Gasteiger partial charge in [0.15, 0.2) is 0 Å². The van der Waals surface area contributed by atoms with Gasteiger partial charge >= 0.3 is 5.97 Å². The standard InChI is InChI=1S/C14H23NO4/c1-9-5-6-15(12(9)8-16)13(17)10-3-2-4-11(7-10)14(18)19/h9-12,16H,2-8H2,1H3,(H,18,19). The van der Waals surface area contributed by atoms with Crippen molar-refractivity contribution in [1.29, 1.82) is 0 Å². The van der Waals surface area contributed by atoms with Crippen molar-refractivity contribution in [3.8, 4) is 0 Å². The van der Waals surface area contributed by atoms with Gasteiger partial charge in [0.05, 0.1) is 18.6 Å². The fourth-order valence-electron chi connectivity index (χ4n) is 3.43. The minimum atomic E-state index is -0.786. The summed E-state index contributed by atoms with van der Waals surface area (Å²) >= 11 is 0. The van der Waals surface area contributed by atoms with Crippen molar-refractivity contribution in [2.24, 2.45) is 17.8 Å². The number of carbonyl (C=O) groups is 2. The monoisotopic (exact) mass is 269 g/mol. The molecule has 1 amide bonds. The molecule has 5 heteroatoms. The van der Waals surface area contributed by atoms with Gasteiger partial charge in [0, 0.05) is 12.5 Å². The Morgan fingerprint density at radius 2 is 1.89 bits per heavy atom. The number of aliphatic carboxylic acids is 1. The third-order valence-corrected chi connectivity index (χ3v) is 4.73. The van der Waals surface area contributed by atoms with Crippen LogP contribution in [0.5, 0.6) is 0 Å². The van der Waals surface area contributed by atoms with Gasteiger partial charge in [-0.3, -0.25) is 9.59 Å². The van der Waals surface area contributed by atoms with Crippen molar-refractivity contribution in [1.82, 2.24) is 4.90 Å². The molecule has 1 saturated carbocycles. The molecule has 4 unspecified atom stereocenters. The van der Waals surface area contributed by atoms with Crippen LogP contribution in [0.15, 0.2) is 0 Å². The Labute approximate surface area is 113 Å². The van der Waals surface area contributed by atoms with Gasteiger partial charge in [0.2, 0.25) is 5.91 Å². The summed E-state index contributed by atoms with van der Waals surface area (Å²) in [7, 11) is 0. The van der Waals surface area contributed by atoms with Crippen LogP contribution >= 0.6 is 0 Å². The number of aliphatic hydroxyl groups is 1. The van der Waals surface area contributed by atoms with E-state index in [1.807, 2.05) is 0 Å². The smallest absolute Gasteiger partial charge is 0.306 e. The lowest BCUT2D eigenvalue weighted by Gasteiger charge is -2.32. The van der Waals surface area contributed by atoms with Crippen molar-refractivity contribution < 1.29 is 19.8 Å². The number of likely N-dealkylation sites (tertiary alicyclic amines) is 1. The summed E-state index contributed by atoms with van der Waals surface area (Å²) in [5.41, 5.74) is 0. The van der Waals surface area contributed by atoms with Crippen molar-refractivity contribution in [3.63, 3.8) is 0 Å². The number of carboxylic acids is 1. The van der Waals surface area contributed by atoms with Crippen molar-refractivity contribution >= 4 is 11.9 Å². The highest BCUT2D eigenvalue weighted by Crippen LogP contribution is 2.33. The number of carbonyl (C=O) groups excluding carboxylic acids is 1. The second-order valence-electron chi connectivity index (χ2n) is 5.95. The second-order valence-corrected chi connectivity index (χ2v) is 5.95. The highest BCUT2D eigenvalue weighted by molar-refractivity contribution is 5.81. The average molecular weight is 269 g/mol. The zero-order chi connectivity index (χ0) is 14.0. The summed E-state index contributed by atoms with van der Waals surface area (Å²) < 4.78 is 0. The fraction of sp³-hybridized carbons (Fsp3) is 0.857. The molecule has 108 valence electrons. The van der Waals surface area contributed by atoms with Crippen LogP contribution in [0.3, 0.4) is 0 Å². The lowest BCUT2D eigenvalue weighted by molar-refractivity contribution is -0.146. The molecule has 2 fully saturated rings. The van der Waals surface area contributed by atoms with E-state index >= 15 is 0 Å². The summed E-state index contributed by atoms with van der Waals surface area (Å²) in [4.78, 5) is 25.3. The van der Waals surface area contributed by atoms with Crippen LogP contribution in [0, 0.1) is 17.8 Å². The largest absolute Gasteiger partial charge is 0.481 e. The third kappa shape index (κ3) is 2.91. The van der Waals surface area contributed by atoms with E-state index < -0.39 is 5.97 Å². The number of aliphatic hydroxyl groups excluding tert-OH is 1. The molecule has 0 radical (unpaired) electrons. The van der Waals surface area contributed by atoms with E-state index in [2.05, 4.69) is 6.92 Å². The van der Waals surface area contributed by atoms with Crippen LogP contribution in [0.4, 0.5) is 0 Å². The molecule has 2 rings (SSSR count). The van der Waals surface area contributed by atoms with Gasteiger partial charge in [0.25, 0.3) is 0 Å². The van der Waals surface area contributed by atoms with E-state index in [0.717, 1.165) is 19.3 Å². The first-order valence-electron chi connectivity index (χ1n) is 7.18. The van der Waals surface area contributed by atoms with Crippen molar-refractivity contribution in [2.75, 3.05) is 13.2 Å². The molecule has 1 saturated heterocycles. The predicted molar refractivity (Wildman–Crippen MR) is 69.5 cm³/mol. The molecular weight excluding hydrogens is 246 g/mol. The number of amides is 1. The van der Waals surface area contributed by atoms with Gasteiger partial charge in [-0.1, -0.05) is 13.3 Å². The van der Waals surface area contributed by atoms with Crippen LogP contribution in [0.2, 0.25) is 0 Å². The first-order chi connectivity index (χ1) is 9.04. The van der Waals surface area contributed by atoms with E-state index in [4.69, 9.17) is 5.11 Å². The number of carboxylic acid groups (broad SMARTS) is 1. The molecule has 5 nitrogen and oxygen atoms in total. The minimum Gasteiger partial charge on any atom is -0.481 e. The summed E-state index contributed by atoms with van der Waals surface area (Å²) in [6.45, 7) is 2.75. The maximum absolute atomic E-state index is 12.5. The molecule has 0 bridgehead atoms. The highest BCUT2D eigenvalue weighted by atomic mass is 16.4. The molecule has 1 heterocycles. The van der Waals surface area contributed by atoms with Crippen molar-refractivity contribution in [2.45, 2.75) is 45.1 Å². The third-order valence-electron chi connectivity index (χ3n) is 4.73. The first kappa shape index (κ1) is 14.3. The first-order valence-corrected chi connectivity index (χ1v) is 7.18. The van der Waals surface area contributed by atoms with E-state index in [1.165, 1.54) is 0 Å². The maximum atomic E-state index is 12.5. The van der Waals surface area contributed by atoms with Gasteiger partial charge in [-0.2, -0.15) is 0 Å². The second kappa shape index (κ2) is 5.90. The lowest BCUT2D eigenvalue weighted by Crippen LogP contribution is -2.44.